The Balaban J connectivity index is 2.39. The molecular formula is C29H51NO2. The first-order valence-corrected chi connectivity index (χ1v) is 13.1. The summed E-state index contributed by atoms with van der Waals surface area (Å²) in [7, 11) is 0. The van der Waals surface area contributed by atoms with E-state index in [4.69, 9.17) is 0 Å². The van der Waals surface area contributed by atoms with Crippen LogP contribution in [0.1, 0.15) is 136 Å². The lowest BCUT2D eigenvalue weighted by Gasteiger charge is -2.28. The van der Waals surface area contributed by atoms with Gasteiger partial charge in [-0.3, -0.25) is 4.79 Å². The molecule has 0 aliphatic rings. The van der Waals surface area contributed by atoms with Crippen LogP contribution in [0.5, 0.6) is 5.75 Å². The largest absolute Gasteiger partial charge is 0.507 e. The summed E-state index contributed by atoms with van der Waals surface area (Å²) in [6.45, 7) is 15.8. The molecule has 1 aromatic carbocycles. The molecule has 0 heterocycles. The van der Waals surface area contributed by atoms with Gasteiger partial charge in [0.1, 0.15) is 5.75 Å². The number of amides is 1. The third kappa shape index (κ3) is 10.9. The number of nitrogens with one attached hydrogen (secondary N) is 1. The highest BCUT2D eigenvalue weighted by Crippen LogP contribution is 2.39. The van der Waals surface area contributed by atoms with Gasteiger partial charge in [-0.2, -0.15) is 0 Å². The SMILES string of the molecule is CCCCCCCCCCCCNC(=O)CCc1cc(C(C)(C)C)c(O)c(C(C)(C)C)c1. The first kappa shape index (κ1) is 28.5. The molecule has 1 aromatic rings. The van der Waals surface area contributed by atoms with Crippen LogP contribution in [-0.2, 0) is 22.0 Å². The van der Waals surface area contributed by atoms with E-state index in [-0.39, 0.29) is 16.7 Å². The maximum absolute atomic E-state index is 12.3. The van der Waals surface area contributed by atoms with E-state index in [9.17, 15) is 9.90 Å². The summed E-state index contributed by atoms with van der Waals surface area (Å²) in [5.74, 6) is 0.530. The highest BCUT2D eigenvalue weighted by molar-refractivity contribution is 5.76. The number of unbranched alkanes of at least 4 members (excludes halogenated alkanes) is 9. The second kappa shape index (κ2) is 13.9. The monoisotopic (exact) mass is 445 g/mol. The first-order valence-electron chi connectivity index (χ1n) is 13.1. The molecule has 32 heavy (non-hydrogen) atoms. The number of aryl methyl sites for hydroxylation is 1. The fraction of sp³-hybridized carbons (Fsp3) is 0.759. The van der Waals surface area contributed by atoms with Crippen molar-refractivity contribution in [1.82, 2.24) is 5.32 Å². The molecule has 0 fully saturated rings. The molecular weight excluding hydrogens is 394 g/mol. The number of benzene rings is 1. The standard InChI is InChI=1S/C29H51NO2/c1-8-9-10-11-12-13-14-15-16-17-20-30-26(31)19-18-23-21-24(28(2,3)4)27(32)25(22-23)29(5,6)7/h21-22,32H,8-20H2,1-7H3,(H,30,31). The number of phenols is 1. The maximum atomic E-state index is 12.3. The van der Waals surface area contributed by atoms with Crippen LogP contribution >= 0.6 is 0 Å². The average molecular weight is 446 g/mol. The average Bonchev–Trinajstić information content (AvgIpc) is 2.69. The van der Waals surface area contributed by atoms with Gasteiger partial charge in [0.15, 0.2) is 0 Å². The van der Waals surface area contributed by atoms with Crippen molar-refractivity contribution in [2.75, 3.05) is 6.54 Å². The van der Waals surface area contributed by atoms with Crippen molar-refractivity contribution in [3.8, 4) is 5.75 Å². The van der Waals surface area contributed by atoms with E-state index in [0.717, 1.165) is 29.7 Å². The molecule has 0 saturated heterocycles. The van der Waals surface area contributed by atoms with Crippen molar-refractivity contribution in [1.29, 1.82) is 0 Å². The van der Waals surface area contributed by atoms with Gasteiger partial charge in [-0.05, 0) is 40.4 Å². The zero-order valence-corrected chi connectivity index (χ0v) is 22.2. The molecule has 0 spiro atoms. The van der Waals surface area contributed by atoms with Gasteiger partial charge in [-0.25, -0.2) is 0 Å². The Kier molecular flexibility index (Phi) is 12.4. The fourth-order valence-corrected chi connectivity index (χ4v) is 4.17. The van der Waals surface area contributed by atoms with Crippen LogP contribution in [0.2, 0.25) is 0 Å². The molecule has 0 aliphatic heterocycles. The van der Waals surface area contributed by atoms with Crippen LogP contribution in [0.4, 0.5) is 0 Å². The number of carbonyl (C=O) groups is 1. The maximum Gasteiger partial charge on any atom is 0.220 e. The molecule has 3 nitrogen and oxygen atoms in total. The van der Waals surface area contributed by atoms with Gasteiger partial charge in [0.2, 0.25) is 5.91 Å². The molecule has 0 bridgehead atoms. The van der Waals surface area contributed by atoms with Crippen molar-refractivity contribution in [2.24, 2.45) is 0 Å². The number of carbonyl (C=O) groups excluding carboxylic acids is 1. The van der Waals surface area contributed by atoms with Gasteiger partial charge in [0, 0.05) is 13.0 Å². The zero-order chi connectivity index (χ0) is 24.2. The Labute approximate surface area is 198 Å². The van der Waals surface area contributed by atoms with Gasteiger partial charge in [0.05, 0.1) is 0 Å². The predicted octanol–water partition coefficient (Wildman–Crippen LogP) is 7.96. The van der Waals surface area contributed by atoms with Crippen LogP contribution in [0, 0.1) is 0 Å². The van der Waals surface area contributed by atoms with Crippen molar-refractivity contribution in [3.05, 3.63) is 28.8 Å². The van der Waals surface area contributed by atoms with E-state index in [0.29, 0.717) is 18.6 Å². The third-order valence-electron chi connectivity index (χ3n) is 6.28. The van der Waals surface area contributed by atoms with Crippen molar-refractivity contribution < 1.29 is 9.90 Å². The Morgan fingerprint density at radius 3 is 1.66 bits per heavy atom. The molecule has 184 valence electrons. The van der Waals surface area contributed by atoms with E-state index in [1.54, 1.807) is 0 Å². The number of phenolic OH excluding ortho intramolecular Hbond substituents is 1. The van der Waals surface area contributed by atoms with Crippen molar-refractivity contribution >= 4 is 5.91 Å². The summed E-state index contributed by atoms with van der Waals surface area (Å²) in [5, 5.41) is 13.9. The second-order valence-corrected chi connectivity index (χ2v) is 11.6. The summed E-state index contributed by atoms with van der Waals surface area (Å²) >= 11 is 0. The summed E-state index contributed by atoms with van der Waals surface area (Å²) in [4.78, 5) is 12.3. The molecule has 0 unspecified atom stereocenters. The molecule has 2 N–H and O–H groups in total. The highest BCUT2D eigenvalue weighted by Gasteiger charge is 2.26. The summed E-state index contributed by atoms with van der Waals surface area (Å²) < 4.78 is 0. The Morgan fingerprint density at radius 2 is 1.22 bits per heavy atom. The molecule has 0 saturated carbocycles. The summed E-state index contributed by atoms with van der Waals surface area (Å²) in [6.07, 6.45) is 14.3. The molecule has 0 aliphatic carbocycles. The van der Waals surface area contributed by atoms with Crippen LogP contribution in [0.3, 0.4) is 0 Å². The zero-order valence-electron chi connectivity index (χ0n) is 22.2. The predicted molar refractivity (Wildman–Crippen MR) is 139 cm³/mol. The van der Waals surface area contributed by atoms with E-state index in [1.807, 2.05) is 0 Å². The fourth-order valence-electron chi connectivity index (χ4n) is 4.17. The molecule has 0 aromatic heterocycles. The van der Waals surface area contributed by atoms with Gasteiger partial charge < -0.3 is 10.4 Å². The topological polar surface area (TPSA) is 49.3 Å². The molecule has 3 heteroatoms. The summed E-state index contributed by atoms with van der Waals surface area (Å²) in [5.41, 5.74) is 2.78. The smallest absolute Gasteiger partial charge is 0.220 e. The van der Waals surface area contributed by atoms with Crippen LogP contribution in [0.15, 0.2) is 12.1 Å². The quantitative estimate of drug-likeness (QED) is 0.285. The molecule has 0 atom stereocenters. The van der Waals surface area contributed by atoms with Gasteiger partial charge in [-0.15, -0.1) is 0 Å². The Morgan fingerprint density at radius 1 is 0.781 bits per heavy atom. The highest BCUT2D eigenvalue weighted by atomic mass is 16.3. The van der Waals surface area contributed by atoms with Gasteiger partial charge >= 0.3 is 0 Å². The van der Waals surface area contributed by atoms with Crippen molar-refractivity contribution in [3.63, 3.8) is 0 Å². The van der Waals surface area contributed by atoms with Crippen LogP contribution in [0.25, 0.3) is 0 Å². The lowest BCUT2D eigenvalue weighted by molar-refractivity contribution is -0.121. The minimum absolute atomic E-state index is 0.128. The minimum Gasteiger partial charge on any atom is -0.507 e. The Hall–Kier alpha value is -1.51. The minimum atomic E-state index is -0.141. The lowest BCUT2D eigenvalue weighted by Crippen LogP contribution is -2.24. The van der Waals surface area contributed by atoms with E-state index < -0.39 is 0 Å². The van der Waals surface area contributed by atoms with Crippen LogP contribution < -0.4 is 5.32 Å². The normalized spacial score (nSPS) is 12.2. The third-order valence-corrected chi connectivity index (χ3v) is 6.28. The number of rotatable bonds is 14. The van der Waals surface area contributed by atoms with Crippen LogP contribution in [-0.4, -0.2) is 17.6 Å². The lowest BCUT2D eigenvalue weighted by atomic mass is 9.78. The Bertz CT molecular complexity index is 644. The van der Waals surface area contributed by atoms with E-state index in [2.05, 4.69) is 65.9 Å². The summed E-state index contributed by atoms with van der Waals surface area (Å²) in [6, 6.07) is 4.17. The number of aromatic hydroxyl groups is 1. The number of hydrogen-bond acceptors (Lipinski definition) is 2. The molecule has 0 radical (unpaired) electrons. The van der Waals surface area contributed by atoms with Crippen molar-refractivity contribution in [2.45, 2.75) is 136 Å². The van der Waals surface area contributed by atoms with E-state index >= 15 is 0 Å². The molecule has 1 amide bonds. The number of hydrogen-bond donors (Lipinski definition) is 2. The molecule has 1 rings (SSSR count). The van der Waals surface area contributed by atoms with E-state index in [1.165, 1.54) is 57.8 Å². The van der Waals surface area contributed by atoms with Gasteiger partial charge in [-0.1, -0.05) is 118 Å². The van der Waals surface area contributed by atoms with Gasteiger partial charge in [0.25, 0.3) is 0 Å². The second-order valence-electron chi connectivity index (χ2n) is 11.6. The first-order chi connectivity index (χ1) is 15.0.